The van der Waals surface area contributed by atoms with Gasteiger partial charge in [-0.15, -0.1) is 0 Å². The van der Waals surface area contributed by atoms with Crippen LogP contribution >= 0.6 is 0 Å². The van der Waals surface area contributed by atoms with Crippen molar-refractivity contribution in [2.24, 2.45) is 0 Å². The summed E-state index contributed by atoms with van der Waals surface area (Å²) in [5.74, 6) is 0.882. The van der Waals surface area contributed by atoms with E-state index in [-0.39, 0.29) is 0 Å². The molecule has 0 unspecified atom stereocenters. The number of rotatable bonds is 8. The highest BCUT2D eigenvalue weighted by molar-refractivity contribution is 5.78. The fraction of sp³-hybridized carbons (Fsp3) is 0.240. The van der Waals surface area contributed by atoms with Crippen LogP contribution in [-0.2, 0) is 19.6 Å². The highest BCUT2D eigenvalue weighted by Gasteiger charge is 2.11. The highest BCUT2D eigenvalue weighted by Crippen LogP contribution is 2.24. The fourth-order valence-corrected chi connectivity index (χ4v) is 3.75. The number of H-pyrrole nitrogens is 1. The molecule has 0 aliphatic heterocycles. The van der Waals surface area contributed by atoms with Crippen molar-refractivity contribution in [1.29, 1.82) is 0 Å². The van der Waals surface area contributed by atoms with Crippen LogP contribution in [0, 0.1) is 0 Å². The molecular formula is C25H28N4O. The summed E-state index contributed by atoms with van der Waals surface area (Å²) in [6.45, 7) is 2.52. The quantitative estimate of drug-likeness (QED) is 0.460. The molecule has 0 bridgehead atoms. The van der Waals surface area contributed by atoms with Crippen LogP contribution in [0.2, 0.25) is 0 Å². The van der Waals surface area contributed by atoms with Crippen molar-refractivity contribution in [3.63, 3.8) is 0 Å². The van der Waals surface area contributed by atoms with Gasteiger partial charge in [-0.25, -0.2) is 0 Å². The topological polar surface area (TPSA) is 44.4 Å². The summed E-state index contributed by atoms with van der Waals surface area (Å²) in [6, 6.07) is 23.6. The molecule has 0 saturated carbocycles. The number of aromatic amines is 1. The van der Waals surface area contributed by atoms with Crippen LogP contribution in [0.5, 0.6) is 5.75 Å². The third-order valence-corrected chi connectivity index (χ3v) is 5.16. The molecule has 154 valence electrons. The average molecular weight is 401 g/mol. The number of methoxy groups -OCH3 is 1. The van der Waals surface area contributed by atoms with Gasteiger partial charge in [0.1, 0.15) is 5.75 Å². The average Bonchev–Trinajstić information content (AvgIpc) is 3.21. The number of fused-ring (bicyclic) bond motifs is 1. The lowest BCUT2D eigenvalue weighted by Gasteiger charge is -2.26. The first-order valence-electron chi connectivity index (χ1n) is 10.1. The molecule has 0 amide bonds. The molecule has 30 heavy (non-hydrogen) atoms. The lowest BCUT2D eigenvalue weighted by atomic mass is 10.1. The minimum absolute atomic E-state index is 0.795. The van der Waals surface area contributed by atoms with Crippen LogP contribution in [0.4, 0.5) is 5.69 Å². The van der Waals surface area contributed by atoms with Gasteiger partial charge >= 0.3 is 0 Å². The van der Waals surface area contributed by atoms with Gasteiger partial charge in [-0.3, -0.25) is 5.10 Å². The molecule has 1 aromatic heterocycles. The number of nitrogens with zero attached hydrogens (tertiary/aromatic N) is 3. The predicted molar refractivity (Wildman–Crippen MR) is 123 cm³/mol. The summed E-state index contributed by atoms with van der Waals surface area (Å²) in [6.07, 6.45) is 1.86. The Labute approximate surface area is 177 Å². The van der Waals surface area contributed by atoms with Crippen molar-refractivity contribution in [2.45, 2.75) is 19.6 Å². The third kappa shape index (κ3) is 4.81. The molecule has 1 heterocycles. The Balaban J connectivity index is 1.66. The molecule has 4 rings (SSSR count). The number of nitrogens with one attached hydrogen (secondary N) is 1. The van der Waals surface area contributed by atoms with Crippen molar-refractivity contribution in [3.8, 4) is 5.75 Å². The van der Waals surface area contributed by atoms with Gasteiger partial charge in [0.05, 0.1) is 18.8 Å². The summed E-state index contributed by atoms with van der Waals surface area (Å²) >= 11 is 0. The zero-order chi connectivity index (χ0) is 20.9. The SMILES string of the molecule is COc1cccc(CN(Cc2ccc3cn[nH]c3c2)c2cccc(CN(C)C)c2)c1. The maximum atomic E-state index is 5.43. The van der Waals surface area contributed by atoms with Gasteiger partial charge in [0, 0.05) is 30.7 Å². The van der Waals surface area contributed by atoms with E-state index in [0.717, 1.165) is 36.3 Å². The predicted octanol–water partition coefficient (Wildman–Crippen LogP) is 4.84. The molecule has 0 saturated heterocycles. The number of hydrogen-bond donors (Lipinski definition) is 1. The standard InChI is InChI=1S/C25H28N4O/c1-28(2)16-19-6-4-8-23(12-19)29(17-20-7-5-9-24(13-20)30-3)18-21-10-11-22-15-26-27-25(22)14-21/h4-15H,16-18H2,1-3H3,(H,26,27). The summed E-state index contributed by atoms with van der Waals surface area (Å²) in [4.78, 5) is 4.60. The molecule has 1 N–H and O–H groups in total. The van der Waals surface area contributed by atoms with E-state index in [4.69, 9.17) is 4.74 Å². The summed E-state index contributed by atoms with van der Waals surface area (Å²) in [5, 5.41) is 8.36. The number of anilines is 1. The first-order chi connectivity index (χ1) is 14.6. The van der Waals surface area contributed by atoms with E-state index in [2.05, 4.69) is 88.7 Å². The Morgan fingerprint density at radius 1 is 0.833 bits per heavy atom. The van der Waals surface area contributed by atoms with Crippen LogP contribution in [0.15, 0.2) is 72.9 Å². The van der Waals surface area contributed by atoms with Crippen LogP contribution in [0.1, 0.15) is 16.7 Å². The zero-order valence-electron chi connectivity index (χ0n) is 17.8. The van der Waals surface area contributed by atoms with E-state index < -0.39 is 0 Å². The number of ether oxygens (including phenoxy) is 1. The molecule has 4 aromatic rings. The van der Waals surface area contributed by atoms with E-state index in [1.54, 1.807) is 7.11 Å². The normalized spacial score (nSPS) is 11.2. The van der Waals surface area contributed by atoms with Crippen molar-refractivity contribution < 1.29 is 4.74 Å². The Bertz CT molecular complexity index is 1120. The molecule has 0 aliphatic rings. The minimum Gasteiger partial charge on any atom is -0.497 e. The number of aromatic nitrogens is 2. The van der Waals surface area contributed by atoms with Gasteiger partial charge in [-0.05, 0) is 61.1 Å². The van der Waals surface area contributed by atoms with E-state index in [9.17, 15) is 0 Å². The van der Waals surface area contributed by atoms with Crippen LogP contribution in [0.3, 0.4) is 0 Å². The van der Waals surface area contributed by atoms with E-state index in [0.29, 0.717) is 0 Å². The smallest absolute Gasteiger partial charge is 0.119 e. The maximum Gasteiger partial charge on any atom is 0.119 e. The molecule has 5 heteroatoms. The largest absolute Gasteiger partial charge is 0.497 e. The maximum absolute atomic E-state index is 5.43. The van der Waals surface area contributed by atoms with E-state index in [1.165, 1.54) is 22.4 Å². The van der Waals surface area contributed by atoms with E-state index in [1.807, 2.05) is 18.3 Å². The lowest BCUT2D eigenvalue weighted by molar-refractivity contribution is 0.402. The Kier molecular flexibility index (Phi) is 6.00. The highest BCUT2D eigenvalue weighted by atomic mass is 16.5. The Hall–Kier alpha value is -3.31. The lowest BCUT2D eigenvalue weighted by Crippen LogP contribution is -2.22. The van der Waals surface area contributed by atoms with Crippen molar-refractivity contribution in [3.05, 3.63) is 89.6 Å². The second kappa shape index (κ2) is 9.01. The van der Waals surface area contributed by atoms with Crippen LogP contribution in [-0.4, -0.2) is 36.3 Å². The summed E-state index contributed by atoms with van der Waals surface area (Å²) < 4.78 is 5.43. The Morgan fingerprint density at radius 2 is 1.57 bits per heavy atom. The van der Waals surface area contributed by atoms with Gasteiger partial charge in [0.15, 0.2) is 0 Å². The summed E-state index contributed by atoms with van der Waals surface area (Å²) in [7, 11) is 5.90. The van der Waals surface area contributed by atoms with Gasteiger partial charge in [-0.1, -0.05) is 36.4 Å². The van der Waals surface area contributed by atoms with Crippen LogP contribution in [0.25, 0.3) is 10.9 Å². The first kappa shape index (κ1) is 20.0. The van der Waals surface area contributed by atoms with Crippen molar-refractivity contribution >= 4 is 16.6 Å². The molecular weight excluding hydrogens is 372 g/mol. The van der Waals surface area contributed by atoms with Gasteiger partial charge in [-0.2, -0.15) is 5.10 Å². The zero-order valence-corrected chi connectivity index (χ0v) is 17.8. The second-order valence-electron chi connectivity index (χ2n) is 7.91. The van der Waals surface area contributed by atoms with Gasteiger partial charge < -0.3 is 14.5 Å². The molecule has 0 fully saturated rings. The fourth-order valence-electron chi connectivity index (χ4n) is 3.75. The van der Waals surface area contributed by atoms with Crippen LogP contribution < -0.4 is 9.64 Å². The molecule has 3 aromatic carbocycles. The third-order valence-electron chi connectivity index (χ3n) is 5.16. The van der Waals surface area contributed by atoms with Gasteiger partial charge in [0.25, 0.3) is 0 Å². The minimum atomic E-state index is 0.795. The number of benzene rings is 3. The molecule has 5 nitrogen and oxygen atoms in total. The summed E-state index contributed by atoms with van der Waals surface area (Å²) in [5.41, 5.74) is 6.04. The monoisotopic (exact) mass is 400 g/mol. The molecule has 0 radical (unpaired) electrons. The molecule has 0 spiro atoms. The number of hydrogen-bond acceptors (Lipinski definition) is 4. The van der Waals surface area contributed by atoms with E-state index >= 15 is 0 Å². The first-order valence-corrected chi connectivity index (χ1v) is 10.1. The van der Waals surface area contributed by atoms with Crippen molar-refractivity contribution in [2.75, 3.05) is 26.1 Å². The molecule has 0 atom stereocenters. The van der Waals surface area contributed by atoms with Gasteiger partial charge in [0.2, 0.25) is 0 Å². The Morgan fingerprint density at radius 3 is 2.33 bits per heavy atom. The molecule has 0 aliphatic carbocycles. The second-order valence-corrected chi connectivity index (χ2v) is 7.91. The van der Waals surface area contributed by atoms with Crippen molar-refractivity contribution in [1.82, 2.24) is 15.1 Å².